The van der Waals surface area contributed by atoms with Gasteiger partial charge in [0.05, 0.1) is 6.26 Å². The summed E-state index contributed by atoms with van der Waals surface area (Å²) >= 11 is 0. The van der Waals surface area contributed by atoms with Gasteiger partial charge >= 0.3 is 0 Å². The summed E-state index contributed by atoms with van der Waals surface area (Å²) in [6, 6.07) is 3.94. The van der Waals surface area contributed by atoms with Crippen LogP contribution in [0, 0.1) is 5.92 Å². The topological polar surface area (TPSA) is 51.2 Å². The van der Waals surface area contributed by atoms with Crippen LogP contribution in [-0.4, -0.2) is 19.6 Å². The zero-order valence-electron chi connectivity index (χ0n) is 9.54. The Morgan fingerprint density at radius 1 is 1.47 bits per heavy atom. The number of hydrogen-bond donors (Lipinski definition) is 2. The Bertz CT molecular complexity index is 234. The summed E-state index contributed by atoms with van der Waals surface area (Å²) in [6.07, 6.45) is 5.11. The summed E-state index contributed by atoms with van der Waals surface area (Å²) in [5.41, 5.74) is 5.54. The number of rotatable bonds is 8. The number of nitrogens with two attached hydrogens (primary N) is 1. The van der Waals surface area contributed by atoms with Crippen LogP contribution < -0.4 is 11.1 Å². The Morgan fingerprint density at radius 2 is 2.33 bits per heavy atom. The largest absolute Gasteiger partial charge is 0.469 e. The van der Waals surface area contributed by atoms with Crippen LogP contribution in [0.1, 0.15) is 25.5 Å². The molecule has 0 aliphatic carbocycles. The molecular formula is C12H22N2O. The van der Waals surface area contributed by atoms with Crippen molar-refractivity contribution in [2.45, 2.75) is 26.2 Å². The molecule has 1 heterocycles. The van der Waals surface area contributed by atoms with Crippen LogP contribution in [0.25, 0.3) is 0 Å². The van der Waals surface area contributed by atoms with Crippen LogP contribution in [0.2, 0.25) is 0 Å². The first-order valence-electron chi connectivity index (χ1n) is 5.76. The molecule has 0 radical (unpaired) electrons. The lowest BCUT2D eigenvalue weighted by Gasteiger charge is -2.08. The molecule has 3 N–H and O–H groups in total. The smallest absolute Gasteiger partial charge is 0.105 e. The Hall–Kier alpha value is -0.800. The van der Waals surface area contributed by atoms with Crippen molar-refractivity contribution >= 4 is 0 Å². The van der Waals surface area contributed by atoms with E-state index in [0.29, 0.717) is 5.92 Å². The average molecular weight is 210 g/mol. The second kappa shape index (κ2) is 7.49. The summed E-state index contributed by atoms with van der Waals surface area (Å²) in [7, 11) is 0. The SMILES string of the molecule is CC(CN)CCCNCCc1ccco1. The maximum absolute atomic E-state index is 5.54. The first kappa shape index (κ1) is 12.3. The fraction of sp³-hybridized carbons (Fsp3) is 0.667. The summed E-state index contributed by atoms with van der Waals surface area (Å²) in [6.45, 7) is 5.06. The lowest BCUT2D eigenvalue weighted by atomic mass is 10.1. The van der Waals surface area contributed by atoms with Gasteiger partial charge in [-0.3, -0.25) is 0 Å². The highest BCUT2D eigenvalue weighted by Crippen LogP contribution is 2.02. The van der Waals surface area contributed by atoms with E-state index in [1.807, 2.05) is 12.1 Å². The zero-order valence-corrected chi connectivity index (χ0v) is 9.54. The van der Waals surface area contributed by atoms with Crippen molar-refractivity contribution in [3.05, 3.63) is 24.2 Å². The van der Waals surface area contributed by atoms with E-state index in [9.17, 15) is 0 Å². The van der Waals surface area contributed by atoms with Crippen LogP contribution in [0.15, 0.2) is 22.8 Å². The summed E-state index contributed by atoms with van der Waals surface area (Å²) in [5.74, 6) is 1.70. The van der Waals surface area contributed by atoms with Gasteiger partial charge in [0.15, 0.2) is 0 Å². The molecule has 3 heteroatoms. The first-order valence-corrected chi connectivity index (χ1v) is 5.76. The molecule has 0 aliphatic heterocycles. The molecular weight excluding hydrogens is 188 g/mol. The molecule has 0 aromatic carbocycles. The van der Waals surface area contributed by atoms with E-state index < -0.39 is 0 Å². The third-order valence-corrected chi connectivity index (χ3v) is 2.58. The Morgan fingerprint density at radius 3 is 3.00 bits per heavy atom. The van der Waals surface area contributed by atoms with E-state index in [0.717, 1.165) is 31.8 Å². The van der Waals surface area contributed by atoms with E-state index in [1.165, 1.54) is 12.8 Å². The molecule has 0 saturated heterocycles. The van der Waals surface area contributed by atoms with E-state index in [4.69, 9.17) is 10.2 Å². The summed E-state index contributed by atoms with van der Waals surface area (Å²) < 4.78 is 5.24. The maximum Gasteiger partial charge on any atom is 0.105 e. The molecule has 15 heavy (non-hydrogen) atoms. The minimum Gasteiger partial charge on any atom is -0.469 e. The second-order valence-electron chi connectivity index (χ2n) is 4.06. The van der Waals surface area contributed by atoms with Crippen molar-refractivity contribution < 1.29 is 4.42 Å². The van der Waals surface area contributed by atoms with Gasteiger partial charge < -0.3 is 15.5 Å². The molecule has 1 aromatic rings. The second-order valence-corrected chi connectivity index (χ2v) is 4.06. The predicted octanol–water partition coefficient (Wildman–Crippen LogP) is 1.79. The Balaban J connectivity index is 1.89. The first-order chi connectivity index (χ1) is 7.33. The van der Waals surface area contributed by atoms with Gasteiger partial charge in [-0.15, -0.1) is 0 Å². The lowest BCUT2D eigenvalue weighted by molar-refractivity contribution is 0.481. The Labute approximate surface area is 92.0 Å². The van der Waals surface area contributed by atoms with Crippen LogP contribution in [0.5, 0.6) is 0 Å². The summed E-state index contributed by atoms with van der Waals surface area (Å²) in [4.78, 5) is 0. The van der Waals surface area contributed by atoms with Crippen molar-refractivity contribution in [3.63, 3.8) is 0 Å². The average Bonchev–Trinajstić information content (AvgIpc) is 2.75. The number of nitrogens with one attached hydrogen (secondary N) is 1. The molecule has 0 spiro atoms. The number of furan rings is 1. The van der Waals surface area contributed by atoms with E-state index in [2.05, 4.69) is 12.2 Å². The van der Waals surface area contributed by atoms with Gasteiger partial charge in [0, 0.05) is 13.0 Å². The third kappa shape index (κ3) is 5.60. The molecule has 3 nitrogen and oxygen atoms in total. The standard InChI is InChI=1S/C12H22N2O/c1-11(10-13)4-2-7-14-8-6-12-5-3-9-15-12/h3,5,9,11,14H,2,4,6-8,10,13H2,1H3. The molecule has 1 aromatic heterocycles. The van der Waals surface area contributed by atoms with Gasteiger partial charge in [-0.2, -0.15) is 0 Å². The monoisotopic (exact) mass is 210 g/mol. The van der Waals surface area contributed by atoms with Gasteiger partial charge in [-0.05, 0) is 44.0 Å². The normalized spacial score (nSPS) is 12.9. The minimum atomic E-state index is 0.650. The number of hydrogen-bond acceptors (Lipinski definition) is 3. The van der Waals surface area contributed by atoms with Crippen LogP contribution in [0.4, 0.5) is 0 Å². The van der Waals surface area contributed by atoms with Crippen molar-refractivity contribution in [1.29, 1.82) is 0 Å². The molecule has 0 amide bonds. The van der Waals surface area contributed by atoms with Crippen LogP contribution in [0.3, 0.4) is 0 Å². The van der Waals surface area contributed by atoms with Crippen LogP contribution >= 0.6 is 0 Å². The summed E-state index contributed by atoms with van der Waals surface area (Å²) in [5, 5.41) is 3.40. The van der Waals surface area contributed by atoms with Crippen molar-refractivity contribution in [2.75, 3.05) is 19.6 Å². The highest BCUT2D eigenvalue weighted by atomic mass is 16.3. The molecule has 0 aliphatic rings. The third-order valence-electron chi connectivity index (χ3n) is 2.58. The molecule has 1 rings (SSSR count). The zero-order chi connectivity index (χ0) is 10.9. The molecule has 86 valence electrons. The quantitative estimate of drug-likeness (QED) is 0.643. The maximum atomic E-state index is 5.54. The lowest BCUT2D eigenvalue weighted by Crippen LogP contribution is -2.20. The minimum absolute atomic E-state index is 0.650. The Kier molecular flexibility index (Phi) is 6.12. The van der Waals surface area contributed by atoms with E-state index in [1.54, 1.807) is 6.26 Å². The van der Waals surface area contributed by atoms with Crippen molar-refractivity contribution in [3.8, 4) is 0 Å². The fourth-order valence-electron chi connectivity index (χ4n) is 1.48. The van der Waals surface area contributed by atoms with E-state index >= 15 is 0 Å². The molecule has 0 bridgehead atoms. The molecule has 1 unspecified atom stereocenters. The van der Waals surface area contributed by atoms with Gasteiger partial charge in [0.2, 0.25) is 0 Å². The highest BCUT2D eigenvalue weighted by molar-refractivity contribution is 4.98. The molecule has 0 fully saturated rings. The van der Waals surface area contributed by atoms with E-state index in [-0.39, 0.29) is 0 Å². The van der Waals surface area contributed by atoms with Crippen molar-refractivity contribution in [1.82, 2.24) is 5.32 Å². The highest BCUT2D eigenvalue weighted by Gasteiger charge is 1.98. The van der Waals surface area contributed by atoms with Gasteiger partial charge in [0.1, 0.15) is 5.76 Å². The van der Waals surface area contributed by atoms with Gasteiger partial charge in [-0.25, -0.2) is 0 Å². The van der Waals surface area contributed by atoms with Gasteiger partial charge in [0.25, 0.3) is 0 Å². The predicted molar refractivity (Wildman–Crippen MR) is 62.7 cm³/mol. The molecule has 1 atom stereocenters. The van der Waals surface area contributed by atoms with Gasteiger partial charge in [-0.1, -0.05) is 6.92 Å². The van der Waals surface area contributed by atoms with Crippen LogP contribution in [-0.2, 0) is 6.42 Å². The molecule has 0 saturated carbocycles. The fourth-order valence-corrected chi connectivity index (χ4v) is 1.48. The van der Waals surface area contributed by atoms with Crippen molar-refractivity contribution in [2.24, 2.45) is 11.7 Å².